The minimum atomic E-state index is 0.0416. The number of aryl methyl sites for hydroxylation is 1. The van der Waals surface area contributed by atoms with Gasteiger partial charge >= 0.3 is 0 Å². The number of carbonyl (C=O) groups is 1. The fourth-order valence-corrected chi connectivity index (χ4v) is 2.95. The second kappa shape index (κ2) is 7.27. The van der Waals surface area contributed by atoms with Crippen molar-refractivity contribution in [3.8, 4) is 23.8 Å². The third-order valence-corrected chi connectivity index (χ3v) is 4.15. The molecule has 0 saturated carbocycles. The fraction of sp³-hybridized carbons (Fsp3) is 0.300. The number of rotatable bonds is 5. The van der Waals surface area contributed by atoms with Crippen molar-refractivity contribution in [3.63, 3.8) is 0 Å². The van der Waals surface area contributed by atoms with E-state index in [0.29, 0.717) is 30.1 Å². The van der Waals surface area contributed by atoms with Crippen molar-refractivity contribution in [2.24, 2.45) is 7.05 Å². The third kappa shape index (κ3) is 3.43. The van der Waals surface area contributed by atoms with Crippen LogP contribution in [-0.2, 0) is 13.5 Å². The van der Waals surface area contributed by atoms with E-state index in [2.05, 4.69) is 11.0 Å². The van der Waals surface area contributed by atoms with E-state index in [-0.39, 0.29) is 12.4 Å². The topological polar surface area (TPSA) is 53.4 Å². The summed E-state index contributed by atoms with van der Waals surface area (Å²) >= 11 is 0. The second-order valence-electron chi connectivity index (χ2n) is 5.76. The van der Waals surface area contributed by atoms with Gasteiger partial charge < -0.3 is 9.47 Å². The van der Waals surface area contributed by atoms with Crippen LogP contribution in [0.15, 0.2) is 30.0 Å². The van der Waals surface area contributed by atoms with Gasteiger partial charge in [-0.1, -0.05) is 12.0 Å². The first kappa shape index (κ1) is 16.8. The van der Waals surface area contributed by atoms with Gasteiger partial charge in [0.1, 0.15) is 6.61 Å². The molecular formula is C20H20N2O3. The largest absolute Gasteiger partial charge is 0.490 e. The van der Waals surface area contributed by atoms with Crippen molar-refractivity contribution < 1.29 is 14.3 Å². The number of ether oxygens (including phenoxy) is 2. The van der Waals surface area contributed by atoms with Gasteiger partial charge in [-0.05, 0) is 43.5 Å². The van der Waals surface area contributed by atoms with Gasteiger partial charge in [0.15, 0.2) is 17.3 Å². The molecule has 1 aromatic heterocycles. The van der Waals surface area contributed by atoms with Gasteiger partial charge in [0.25, 0.3) is 0 Å². The molecule has 128 valence electrons. The molecule has 1 aliphatic rings. The number of aromatic nitrogens is 2. The van der Waals surface area contributed by atoms with Crippen molar-refractivity contribution in [2.75, 3.05) is 13.2 Å². The second-order valence-corrected chi connectivity index (χ2v) is 5.76. The zero-order valence-electron chi connectivity index (χ0n) is 14.4. The van der Waals surface area contributed by atoms with Crippen LogP contribution in [0, 0.1) is 12.3 Å². The summed E-state index contributed by atoms with van der Waals surface area (Å²) in [5.74, 6) is 3.71. The predicted molar refractivity (Wildman–Crippen MR) is 95.8 cm³/mol. The maximum absolute atomic E-state index is 12.7. The van der Waals surface area contributed by atoms with E-state index in [0.717, 1.165) is 23.3 Å². The number of allylic oxidation sites excluding steroid dienone is 1. The zero-order valence-corrected chi connectivity index (χ0v) is 14.4. The summed E-state index contributed by atoms with van der Waals surface area (Å²) in [5, 5.41) is 4.18. The molecule has 0 atom stereocenters. The number of nitrogens with zero attached hydrogens (tertiary/aromatic N) is 2. The van der Waals surface area contributed by atoms with Gasteiger partial charge in [0, 0.05) is 18.3 Å². The van der Waals surface area contributed by atoms with Crippen LogP contribution in [0.5, 0.6) is 11.5 Å². The Bertz CT molecular complexity index is 872. The normalized spacial score (nSPS) is 14.9. The Morgan fingerprint density at radius 2 is 2.16 bits per heavy atom. The predicted octanol–water partition coefficient (Wildman–Crippen LogP) is 3.04. The molecule has 1 aromatic carbocycles. The lowest BCUT2D eigenvalue weighted by atomic mass is 9.90. The molecule has 0 bridgehead atoms. The summed E-state index contributed by atoms with van der Waals surface area (Å²) in [7, 11) is 1.87. The smallest absolute Gasteiger partial charge is 0.192 e. The van der Waals surface area contributed by atoms with Crippen molar-refractivity contribution in [2.45, 2.75) is 19.8 Å². The van der Waals surface area contributed by atoms with E-state index in [9.17, 15) is 4.79 Å². The van der Waals surface area contributed by atoms with E-state index < -0.39 is 0 Å². The van der Waals surface area contributed by atoms with Crippen LogP contribution in [0.1, 0.15) is 35.0 Å². The third-order valence-electron chi connectivity index (χ3n) is 4.15. The molecule has 5 nitrogen and oxygen atoms in total. The van der Waals surface area contributed by atoms with E-state index in [1.54, 1.807) is 10.9 Å². The highest BCUT2D eigenvalue weighted by Gasteiger charge is 2.25. The molecule has 0 unspecified atom stereocenters. The Hall–Kier alpha value is -3.00. The maximum atomic E-state index is 12.7. The Labute approximate surface area is 147 Å². The van der Waals surface area contributed by atoms with Crippen LogP contribution in [0.4, 0.5) is 0 Å². The maximum Gasteiger partial charge on any atom is 0.192 e. The van der Waals surface area contributed by atoms with Gasteiger partial charge in [-0.15, -0.1) is 6.42 Å². The van der Waals surface area contributed by atoms with Gasteiger partial charge in [0.2, 0.25) is 0 Å². The lowest BCUT2D eigenvalue weighted by Gasteiger charge is -2.15. The molecule has 2 aromatic rings. The quantitative estimate of drug-likeness (QED) is 0.622. The molecule has 0 spiro atoms. The lowest BCUT2D eigenvalue weighted by Crippen LogP contribution is -2.15. The first-order chi connectivity index (χ1) is 12.1. The highest BCUT2D eigenvalue weighted by molar-refractivity contribution is 6.12. The highest BCUT2D eigenvalue weighted by Crippen LogP contribution is 2.31. The van der Waals surface area contributed by atoms with E-state index in [1.165, 1.54) is 0 Å². The number of Topliss-reactive ketones (excluding diaryl/α,β-unsaturated/α-hetero) is 1. The van der Waals surface area contributed by atoms with Crippen LogP contribution < -0.4 is 9.47 Å². The lowest BCUT2D eigenvalue weighted by molar-refractivity contribution is 0.102. The molecule has 25 heavy (non-hydrogen) atoms. The van der Waals surface area contributed by atoms with Crippen LogP contribution in [-0.4, -0.2) is 28.8 Å². The summed E-state index contributed by atoms with van der Waals surface area (Å²) in [6.45, 7) is 2.61. The van der Waals surface area contributed by atoms with E-state index in [4.69, 9.17) is 15.9 Å². The van der Waals surface area contributed by atoms with Crippen molar-refractivity contribution in [3.05, 3.63) is 46.8 Å². The van der Waals surface area contributed by atoms with E-state index in [1.807, 2.05) is 38.2 Å². The Morgan fingerprint density at radius 1 is 1.32 bits per heavy atom. The van der Waals surface area contributed by atoms with Crippen molar-refractivity contribution in [1.29, 1.82) is 0 Å². The molecule has 0 radical (unpaired) electrons. The summed E-state index contributed by atoms with van der Waals surface area (Å²) in [6.07, 6.45) is 10.3. The Balaban J connectivity index is 1.89. The number of ketones is 1. The van der Waals surface area contributed by atoms with Crippen LogP contribution >= 0.6 is 0 Å². The van der Waals surface area contributed by atoms with Crippen LogP contribution in [0.25, 0.3) is 6.08 Å². The molecule has 0 saturated heterocycles. The molecular weight excluding hydrogens is 316 g/mol. The first-order valence-corrected chi connectivity index (χ1v) is 8.23. The standard InChI is InChI=1S/C20H20N2O3/c1-4-10-25-18-9-6-14(12-19(18)24-5-2)11-15-7-8-17-16(20(15)23)13-21-22(17)3/h1,6,9,11-13H,5,7-8,10H2,2-3H3. The molecule has 0 fully saturated rings. The average molecular weight is 336 g/mol. The molecule has 0 amide bonds. The van der Waals surface area contributed by atoms with Gasteiger partial charge in [-0.2, -0.15) is 5.10 Å². The average Bonchev–Trinajstić information content (AvgIpc) is 2.99. The Kier molecular flexibility index (Phi) is 4.90. The highest BCUT2D eigenvalue weighted by atomic mass is 16.5. The summed E-state index contributed by atoms with van der Waals surface area (Å²) in [4.78, 5) is 12.7. The minimum Gasteiger partial charge on any atom is -0.490 e. The number of benzene rings is 1. The minimum absolute atomic E-state index is 0.0416. The van der Waals surface area contributed by atoms with Gasteiger partial charge in [0.05, 0.1) is 18.4 Å². The van der Waals surface area contributed by atoms with E-state index >= 15 is 0 Å². The molecule has 0 N–H and O–H groups in total. The number of fused-ring (bicyclic) bond motifs is 1. The van der Waals surface area contributed by atoms with Crippen molar-refractivity contribution in [1.82, 2.24) is 9.78 Å². The molecule has 0 aliphatic heterocycles. The summed E-state index contributed by atoms with van der Waals surface area (Å²) in [6, 6.07) is 5.58. The number of hydrogen-bond donors (Lipinski definition) is 0. The van der Waals surface area contributed by atoms with Gasteiger partial charge in [-0.3, -0.25) is 9.48 Å². The van der Waals surface area contributed by atoms with Crippen LogP contribution in [0.2, 0.25) is 0 Å². The van der Waals surface area contributed by atoms with Crippen molar-refractivity contribution >= 4 is 11.9 Å². The van der Waals surface area contributed by atoms with Crippen LogP contribution in [0.3, 0.4) is 0 Å². The fourth-order valence-electron chi connectivity index (χ4n) is 2.95. The summed E-state index contributed by atoms with van der Waals surface area (Å²) in [5.41, 5.74) is 3.36. The SMILES string of the molecule is C#CCOc1ccc(C=C2CCc3c(cnn3C)C2=O)cc1OCC. The van der Waals surface area contributed by atoms with Gasteiger partial charge in [-0.25, -0.2) is 0 Å². The molecule has 3 rings (SSSR count). The summed E-state index contributed by atoms with van der Waals surface area (Å²) < 4.78 is 12.9. The molecule has 1 heterocycles. The number of terminal acetylenes is 1. The number of hydrogen-bond acceptors (Lipinski definition) is 4. The first-order valence-electron chi connectivity index (χ1n) is 8.23. The number of carbonyl (C=O) groups excluding carboxylic acids is 1. The molecule has 1 aliphatic carbocycles. The molecule has 5 heteroatoms. The zero-order chi connectivity index (χ0) is 17.8. The Morgan fingerprint density at radius 3 is 2.92 bits per heavy atom. The monoisotopic (exact) mass is 336 g/mol.